The van der Waals surface area contributed by atoms with Crippen LogP contribution in [0.5, 0.6) is 5.75 Å². The molecule has 0 radical (unpaired) electrons. The van der Waals surface area contributed by atoms with Crippen LogP contribution in [0.4, 0.5) is 0 Å². The largest absolute Gasteiger partial charge is 0.490 e. The van der Waals surface area contributed by atoms with E-state index in [9.17, 15) is 0 Å². The fourth-order valence-electron chi connectivity index (χ4n) is 1.25. The number of nitrogens with zero attached hydrogens (tertiary/aromatic N) is 1. The Hall–Kier alpha value is -0.910. The molecule has 0 bridgehead atoms. The molecule has 2 nitrogen and oxygen atoms in total. The molecule has 1 aliphatic rings. The summed E-state index contributed by atoms with van der Waals surface area (Å²) in [7, 11) is 0. The number of ether oxygens (including phenoxy) is 1. The zero-order valence-electron chi connectivity index (χ0n) is 7.96. The standard InChI is InChI=1S/C11H9Cl2NO/c12-9-3-8(5-14)4-10(13)11(9)15-6-7-1-2-7/h3-4,7H,1-2,6H2. The minimum absolute atomic E-state index is 0.403. The van der Waals surface area contributed by atoms with Gasteiger partial charge in [0.05, 0.1) is 28.3 Å². The Kier molecular flexibility index (Phi) is 3.04. The highest BCUT2D eigenvalue weighted by molar-refractivity contribution is 6.37. The molecule has 0 atom stereocenters. The molecule has 1 aromatic rings. The summed E-state index contributed by atoms with van der Waals surface area (Å²) in [5, 5.41) is 9.50. The molecule has 0 saturated heterocycles. The van der Waals surface area contributed by atoms with Crippen molar-refractivity contribution < 1.29 is 4.74 Å². The Morgan fingerprint density at radius 1 is 1.33 bits per heavy atom. The molecular formula is C11H9Cl2NO. The SMILES string of the molecule is N#Cc1cc(Cl)c(OCC2CC2)c(Cl)c1. The predicted octanol–water partition coefficient (Wildman–Crippen LogP) is 3.65. The van der Waals surface area contributed by atoms with Crippen molar-refractivity contribution in [3.05, 3.63) is 27.7 Å². The summed E-state index contributed by atoms with van der Waals surface area (Å²) in [6, 6.07) is 5.12. The summed E-state index contributed by atoms with van der Waals surface area (Å²) in [4.78, 5) is 0. The third-order valence-electron chi connectivity index (χ3n) is 2.29. The Morgan fingerprint density at radius 3 is 2.40 bits per heavy atom. The molecule has 4 heteroatoms. The van der Waals surface area contributed by atoms with Crippen LogP contribution in [0, 0.1) is 17.2 Å². The topological polar surface area (TPSA) is 33.0 Å². The molecule has 1 aliphatic carbocycles. The molecule has 0 unspecified atom stereocenters. The molecule has 1 saturated carbocycles. The first-order valence-corrected chi connectivity index (χ1v) is 5.48. The van der Waals surface area contributed by atoms with Crippen molar-refractivity contribution >= 4 is 23.2 Å². The predicted molar refractivity (Wildman–Crippen MR) is 59.4 cm³/mol. The third kappa shape index (κ3) is 2.56. The zero-order chi connectivity index (χ0) is 10.8. The van der Waals surface area contributed by atoms with Crippen LogP contribution >= 0.6 is 23.2 Å². The Bertz CT molecular complexity index is 398. The second-order valence-corrected chi connectivity index (χ2v) is 4.45. The first kappa shape index (κ1) is 10.6. The molecule has 0 amide bonds. The highest BCUT2D eigenvalue weighted by Gasteiger charge is 2.23. The number of benzene rings is 1. The summed E-state index contributed by atoms with van der Waals surface area (Å²) >= 11 is 11.9. The molecule has 2 rings (SSSR count). The van der Waals surface area contributed by atoms with Gasteiger partial charge in [-0.2, -0.15) is 5.26 Å². The highest BCUT2D eigenvalue weighted by atomic mass is 35.5. The number of rotatable bonds is 3. The van der Waals surface area contributed by atoms with Crippen molar-refractivity contribution in [3.63, 3.8) is 0 Å². The van der Waals surface area contributed by atoms with E-state index in [1.165, 1.54) is 12.8 Å². The minimum Gasteiger partial charge on any atom is -0.490 e. The second-order valence-electron chi connectivity index (χ2n) is 3.64. The van der Waals surface area contributed by atoms with Crippen molar-refractivity contribution in [1.29, 1.82) is 5.26 Å². The van der Waals surface area contributed by atoms with Crippen LogP contribution in [0.15, 0.2) is 12.1 Å². The van der Waals surface area contributed by atoms with Gasteiger partial charge in [0.2, 0.25) is 0 Å². The number of hydrogen-bond acceptors (Lipinski definition) is 2. The lowest BCUT2D eigenvalue weighted by Gasteiger charge is -2.09. The summed E-state index contributed by atoms with van der Waals surface area (Å²) in [5.74, 6) is 1.14. The maximum absolute atomic E-state index is 8.70. The van der Waals surface area contributed by atoms with Crippen LogP contribution in [0.25, 0.3) is 0 Å². The summed E-state index contributed by atoms with van der Waals surface area (Å²) in [6.07, 6.45) is 2.43. The van der Waals surface area contributed by atoms with Crippen molar-refractivity contribution in [3.8, 4) is 11.8 Å². The van der Waals surface area contributed by atoms with Gasteiger partial charge in [-0.1, -0.05) is 23.2 Å². The van der Waals surface area contributed by atoms with Crippen molar-refractivity contribution in [2.75, 3.05) is 6.61 Å². The lowest BCUT2D eigenvalue weighted by atomic mass is 10.2. The average molecular weight is 242 g/mol. The smallest absolute Gasteiger partial charge is 0.156 e. The van der Waals surface area contributed by atoms with Crippen molar-refractivity contribution in [2.45, 2.75) is 12.8 Å². The third-order valence-corrected chi connectivity index (χ3v) is 2.85. The lowest BCUT2D eigenvalue weighted by molar-refractivity contribution is 0.300. The van der Waals surface area contributed by atoms with E-state index in [2.05, 4.69) is 0 Å². The van der Waals surface area contributed by atoms with E-state index in [1.54, 1.807) is 12.1 Å². The van der Waals surface area contributed by atoms with E-state index in [1.807, 2.05) is 6.07 Å². The fraction of sp³-hybridized carbons (Fsp3) is 0.364. The summed E-state index contributed by atoms with van der Waals surface area (Å²) in [6.45, 7) is 0.658. The molecule has 0 aliphatic heterocycles. The van der Waals surface area contributed by atoms with Gasteiger partial charge in [-0.3, -0.25) is 0 Å². The molecule has 78 valence electrons. The monoisotopic (exact) mass is 241 g/mol. The van der Waals surface area contributed by atoms with Crippen LogP contribution in [0.2, 0.25) is 10.0 Å². The Labute approximate surface area is 98.4 Å². The van der Waals surface area contributed by atoms with Gasteiger partial charge in [0.1, 0.15) is 0 Å². The average Bonchev–Trinajstić information content (AvgIpc) is 3.00. The fourth-order valence-corrected chi connectivity index (χ4v) is 1.84. The van der Waals surface area contributed by atoms with Gasteiger partial charge in [-0.05, 0) is 30.9 Å². The molecule has 1 fully saturated rings. The minimum atomic E-state index is 0.403. The van der Waals surface area contributed by atoms with Gasteiger partial charge in [-0.15, -0.1) is 0 Å². The molecular weight excluding hydrogens is 233 g/mol. The van der Waals surface area contributed by atoms with E-state index >= 15 is 0 Å². The van der Waals surface area contributed by atoms with Gasteiger partial charge in [0.25, 0.3) is 0 Å². The van der Waals surface area contributed by atoms with Crippen molar-refractivity contribution in [2.24, 2.45) is 5.92 Å². The maximum atomic E-state index is 8.70. The highest BCUT2D eigenvalue weighted by Crippen LogP contribution is 2.36. The molecule has 0 heterocycles. The molecule has 0 N–H and O–H groups in total. The van der Waals surface area contributed by atoms with Gasteiger partial charge in [0.15, 0.2) is 5.75 Å². The number of nitriles is 1. The maximum Gasteiger partial charge on any atom is 0.156 e. The van der Waals surface area contributed by atoms with Crippen LogP contribution in [-0.4, -0.2) is 6.61 Å². The first-order chi connectivity index (χ1) is 7.20. The van der Waals surface area contributed by atoms with Crippen LogP contribution < -0.4 is 4.74 Å². The van der Waals surface area contributed by atoms with Gasteiger partial charge >= 0.3 is 0 Å². The quantitative estimate of drug-likeness (QED) is 0.810. The second kappa shape index (κ2) is 4.30. The molecule has 0 spiro atoms. The Morgan fingerprint density at radius 2 is 1.93 bits per heavy atom. The normalized spacial score (nSPS) is 14.7. The van der Waals surface area contributed by atoms with Gasteiger partial charge in [0, 0.05) is 0 Å². The summed E-state index contributed by atoms with van der Waals surface area (Å²) in [5.41, 5.74) is 0.448. The molecule has 1 aromatic carbocycles. The van der Waals surface area contributed by atoms with E-state index in [0.717, 1.165) is 0 Å². The first-order valence-electron chi connectivity index (χ1n) is 4.72. The van der Waals surface area contributed by atoms with Crippen molar-refractivity contribution in [1.82, 2.24) is 0 Å². The van der Waals surface area contributed by atoms with E-state index in [4.69, 9.17) is 33.2 Å². The van der Waals surface area contributed by atoms with Crippen LogP contribution in [0.1, 0.15) is 18.4 Å². The van der Waals surface area contributed by atoms with Gasteiger partial charge < -0.3 is 4.74 Å². The summed E-state index contributed by atoms with van der Waals surface area (Å²) < 4.78 is 5.52. The van der Waals surface area contributed by atoms with Gasteiger partial charge in [-0.25, -0.2) is 0 Å². The molecule has 15 heavy (non-hydrogen) atoms. The van der Waals surface area contributed by atoms with Crippen LogP contribution in [-0.2, 0) is 0 Å². The van der Waals surface area contributed by atoms with E-state index in [0.29, 0.717) is 33.9 Å². The van der Waals surface area contributed by atoms with E-state index in [-0.39, 0.29) is 0 Å². The Balaban J connectivity index is 2.18. The zero-order valence-corrected chi connectivity index (χ0v) is 9.48. The number of hydrogen-bond donors (Lipinski definition) is 0. The van der Waals surface area contributed by atoms with E-state index < -0.39 is 0 Å². The van der Waals surface area contributed by atoms with Crippen LogP contribution in [0.3, 0.4) is 0 Å². The molecule has 0 aromatic heterocycles. The lowest BCUT2D eigenvalue weighted by Crippen LogP contribution is -2.00. The number of halogens is 2.